The van der Waals surface area contributed by atoms with Gasteiger partial charge in [-0.3, -0.25) is 0 Å². The van der Waals surface area contributed by atoms with Gasteiger partial charge in [-0.15, -0.1) is 0 Å². The largest absolute Gasteiger partial charge is 0.339 e. The summed E-state index contributed by atoms with van der Waals surface area (Å²) < 4.78 is 30.0. The molecule has 1 aromatic rings. The number of aromatic nitrogens is 2. The van der Waals surface area contributed by atoms with Gasteiger partial charge in [0.15, 0.2) is 5.82 Å². The van der Waals surface area contributed by atoms with Crippen LogP contribution in [0.2, 0.25) is 0 Å². The molecule has 0 amide bonds. The monoisotopic (exact) mass is 176 g/mol. The first kappa shape index (κ1) is 9.09. The number of halogens is 2. The van der Waals surface area contributed by atoms with Crippen molar-refractivity contribution in [3.8, 4) is 0 Å². The third kappa shape index (κ3) is 1.78. The summed E-state index contributed by atoms with van der Waals surface area (Å²) in [5, 5.41) is 3.43. The molecule has 68 valence electrons. The average molecular weight is 176 g/mol. The standard InChI is InChI=1S/C7H10F2N2O/c1-4(7(3,8)9)6-10-5(2)11-12-6/h4H,1-3H3. The predicted molar refractivity (Wildman–Crippen MR) is 38.1 cm³/mol. The number of alkyl halides is 2. The van der Waals surface area contributed by atoms with Gasteiger partial charge in [0.2, 0.25) is 5.89 Å². The summed E-state index contributed by atoms with van der Waals surface area (Å²) in [4.78, 5) is 3.72. The molecule has 3 nitrogen and oxygen atoms in total. The van der Waals surface area contributed by atoms with Gasteiger partial charge < -0.3 is 4.52 Å². The van der Waals surface area contributed by atoms with Crippen molar-refractivity contribution in [2.75, 3.05) is 0 Å². The van der Waals surface area contributed by atoms with Crippen LogP contribution in [-0.4, -0.2) is 16.1 Å². The van der Waals surface area contributed by atoms with E-state index in [0.717, 1.165) is 6.92 Å². The third-order valence-corrected chi connectivity index (χ3v) is 1.67. The fourth-order valence-corrected chi connectivity index (χ4v) is 0.706. The molecule has 1 rings (SSSR count). The second kappa shape index (κ2) is 2.80. The van der Waals surface area contributed by atoms with E-state index in [0.29, 0.717) is 5.82 Å². The summed E-state index contributed by atoms with van der Waals surface area (Å²) >= 11 is 0. The highest BCUT2D eigenvalue weighted by Crippen LogP contribution is 2.31. The van der Waals surface area contributed by atoms with Crippen molar-refractivity contribution in [3.05, 3.63) is 11.7 Å². The lowest BCUT2D eigenvalue weighted by Crippen LogP contribution is -2.19. The summed E-state index contributed by atoms with van der Waals surface area (Å²) in [6.07, 6.45) is 0. The summed E-state index contributed by atoms with van der Waals surface area (Å²) in [6.45, 7) is 3.78. The molecule has 0 aliphatic heterocycles. The molecule has 0 aliphatic rings. The van der Waals surface area contributed by atoms with Crippen LogP contribution in [0.15, 0.2) is 4.52 Å². The lowest BCUT2D eigenvalue weighted by atomic mass is 10.1. The molecule has 0 aromatic carbocycles. The van der Waals surface area contributed by atoms with Gasteiger partial charge in [-0.25, -0.2) is 8.78 Å². The Labute approximate surface area is 68.8 Å². The van der Waals surface area contributed by atoms with Crippen LogP contribution in [0.3, 0.4) is 0 Å². The van der Waals surface area contributed by atoms with Gasteiger partial charge in [-0.1, -0.05) is 5.16 Å². The molecular weight excluding hydrogens is 166 g/mol. The molecule has 0 bridgehead atoms. The number of aryl methyl sites for hydroxylation is 1. The normalized spacial score (nSPS) is 14.8. The number of hydrogen-bond donors (Lipinski definition) is 0. The smallest absolute Gasteiger partial charge is 0.256 e. The van der Waals surface area contributed by atoms with E-state index in [2.05, 4.69) is 14.7 Å². The Morgan fingerprint density at radius 1 is 1.50 bits per heavy atom. The lowest BCUT2D eigenvalue weighted by molar-refractivity contribution is -0.0114. The maximum absolute atomic E-state index is 12.7. The van der Waals surface area contributed by atoms with Crippen LogP contribution in [0.25, 0.3) is 0 Å². The van der Waals surface area contributed by atoms with Crippen molar-refractivity contribution < 1.29 is 13.3 Å². The first-order chi connectivity index (χ1) is 5.41. The van der Waals surface area contributed by atoms with E-state index in [1.807, 2.05) is 0 Å². The summed E-state index contributed by atoms with van der Waals surface area (Å²) in [7, 11) is 0. The first-order valence-corrected chi connectivity index (χ1v) is 3.59. The van der Waals surface area contributed by atoms with E-state index in [1.165, 1.54) is 6.92 Å². The van der Waals surface area contributed by atoms with Crippen LogP contribution in [-0.2, 0) is 0 Å². The molecule has 1 heterocycles. The lowest BCUT2D eigenvalue weighted by Gasteiger charge is -2.14. The zero-order valence-electron chi connectivity index (χ0n) is 7.14. The second-order valence-electron chi connectivity index (χ2n) is 2.86. The Morgan fingerprint density at radius 2 is 2.08 bits per heavy atom. The van der Waals surface area contributed by atoms with Crippen LogP contribution in [0.4, 0.5) is 8.78 Å². The number of nitrogens with zero attached hydrogens (tertiary/aromatic N) is 2. The molecule has 12 heavy (non-hydrogen) atoms. The minimum Gasteiger partial charge on any atom is -0.339 e. The van der Waals surface area contributed by atoms with Crippen LogP contribution in [0, 0.1) is 6.92 Å². The molecule has 0 N–H and O–H groups in total. The topological polar surface area (TPSA) is 38.9 Å². The van der Waals surface area contributed by atoms with Crippen molar-refractivity contribution in [2.45, 2.75) is 32.6 Å². The van der Waals surface area contributed by atoms with Crippen LogP contribution in [0.1, 0.15) is 31.5 Å². The van der Waals surface area contributed by atoms with E-state index in [1.54, 1.807) is 6.92 Å². The Hall–Kier alpha value is -1.00. The highest BCUT2D eigenvalue weighted by Gasteiger charge is 2.35. The van der Waals surface area contributed by atoms with Gasteiger partial charge in [-0.2, -0.15) is 4.98 Å². The maximum atomic E-state index is 12.7. The molecule has 1 unspecified atom stereocenters. The minimum atomic E-state index is -2.82. The van der Waals surface area contributed by atoms with Crippen molar-refractivity contribution in [1.82, 2.24) is 10.1 Å². The fraction of sp³-hybridized carbons (Fsp3) is 0.714. The highest BCUT2D eigenvalue weighted by molar-refractivity contribution is 4.95. The molecule has 0 saturated heterocycles. The van der Waals surface area contributed by atoms with Gasteiger partial charge in [0.1, 0.15) is 0 Å². The number of rotatable bonds is 2. The molecule has 5 heteroatoms. The Bertz CT molecular complexity index is 267. The summed E-state index contributed by atoms with van der Waals surface area (Å²) in [6, 6.07) is 0. The van der Waals surface area contributed by atoms with Gasteiger partial charge >= 0.3 is 0 Å². The molecule has 0 saturated carbocycles. The van der Waals surface area contributed by atoms with Gasteiger partial charge in [-0.05, 0) is 13.8 Å². The average Bonchev–Trinajstić information content (AvgIpc) is 2.32. The summed E-state index contributed by atoms with van der Waals surface area (Å²) in [5.74, 6) is -3.49. The van der Waals surface area contributed by atoms with Crippen molar-refractivity contribution in [3.63, 3.8) is 0 Å². The molecule has 0 aliphatic carbocycles. The maximum Gasteiger partial charge on any atom is 0.256 e. The molecule has 1 aromatic heterocycles. The fourth-order valence-electron chi connectivity index (χ4n) is 0.706. The summed E-state index contributed by atoms with van der Waals surface area (Å²) in [5.41, 5.74) is 0. The van der Waals surface area contributed by atoms with Crippen LogP contribution in [0.5, 0.6) is 0 Å². The zero-order valence-corrected chi connectivity index (χ0v) is 7.14. The Kier molecular flexibility index (Phi) is 2.12. The van der Waals surface area contributed by atoms with Crippen molar-refractivity contribution in [1.29, 1.82) is 0 Å². The van der Waals surface area contributed by atoms with Crippen molar-refractivity contribution >= 4 is 0 Å². The van der Waals surface area contributed by atoms with E-state index in [9.17, 15) is 8.78 Å². The highest BCUT2D eigenvalue weighted by atomic mass is 19.3. The molecule has 1 atom stereocenters. The molecule has 0 fully saturated rings. The van der Waals surface area contributed by atoms with E-state index >= 15 is 0 Å². The second-order valence-corrected chi connectivity index (χ2v) is 2.86. The van der Waals surface area contributed by atoms with Crippen molar-refractivity contribution in [2.24, 2.45) is 0 Å². The molecular formula is C7H10F2N2O. The van der Waals surface area contributed by atoms with Gasteiger partial charge in [0.05, 0.1) is 5.92 Å². The Balaban J connectivity index is 2.85. The molecule has 0 spiro atoms. The SMILES string of the molecule is Cc1noc(C(C)C(C)(F)F)n1. The Morgan fingerprint density at radius 3 is 2.42 bits per heavy atom. The van der Waals surface area contributed by atoms with Gasteiger partial charge in [0, 0.05) is 6.92 Å². The minimum absolute atomic E-state index is 0.0139. The zero-order chi connectivity index (χ0) is 9.35. The van der Waals surface area contributed by atoms with E-state index < -0.39 is 11.8 Å². The van der Waals surface area contributed by atoms with E-state index in [-0.39, 0.29) is 5.89 Å². The van der Waals surface area contributed by atoms with E-state index in [4.69, 9.17) is 0 Å². The first-order valence-electron chi connectivity index (χ1n) is 3.59. The van der Waals surface area contributed by atoms with Crippen LogP contribution >= 0.6 is 0 Å². The number of hydrogen-bond acceptors (Lipinski definition) is 3. The predicted octanol–water partition coefficient (Wildman–Crippen LogP) is 2.14. The van der Waals surface area contributed by atoms with Crippen LogP contribution < -0.4 is 0 Å². The molecule has 0 radical (unpaired) electrons. The van der Waals surface area contributed by atoms with Gasteiger partial charge in [0.25, 0.3) is 5.92 Å². The third-order valence-electron chi connectivity index (χ3n) is 1.67. The quantitative estimate of drug-likeness (QED) is 0.692.